The molecule has 0 N–H and O–H groups in total. The molecular formula is C36H24N2O6. The van der Waals surface area contributed by atoms with Crippen molar-refractivity contribution < 1.29 is 28.7 Å². The Balaban J connectivity index is 1.51. The zero-order chi connectivity index (χ0) is 31.0. The maximum atomic E-state index is 14.9. The lowest BCUT2D eigenvalue weighted by Gasteiger charge is -2.38. The Kier molecular flexibility index (Phi) is 5.75. The van der Waals surface area contributed by atoms with Crippen molar-refractivity contribution in [3.8, 4) is 23.5 Å². The number of esters is 1. The number of para-hydroxylation sites is 2. The Hall–Kier alpha value is -5.81. The average Bonchev–Trinajstić information content (AvgIpc) is 3.56. The van der Waals surface area contributed by atoms with Gasteiger partial charge in [-0.1, -0.05) is 78.7 Å². The minimum atomic E-state index is -2.25. The van der Waals surface area contributed by atoms with Crippen LogP contribution in [0.1, 0.15) is 42.0 Å². The van der Waals surface area contributed by atoms with Gasteiger partial charge in [0.25, 0.3) is 11.8 Å². The quantitative estimate of drug-likeness (QED) is 0.254. The molecule has 0 bridgehead atoms. The summed E-state index contributed by atoms with van der Waals surface area (Å²) < 4.78 is 6.17. The summed E-state index contributed by atoms with van der Waals surface area (Å²) in [4.78, 5) is 71.6. The van der Waals surface area contributed by atoms with Crippen LogP contribution < -0.4 is 9.80 Å². The van der Waals surface area contributed by atoms with Gasteiger partial charge < -0.3 is 4.74 Å². The number of carbonyl (C=O) groups is 5. The molecule has 3 heterocycles. The van der Waals surface area contributed by atoms with Gasteiger partial charge in [0.1, 0.15) is 11.3 Å². The van der Waals surface area contributed by atoms with E-state index in [0.717, 1.165) is 26.5 Å². The summed E-state index contributed by atoms with van der Waals surface area (Å²) in [6.45, 7) is 2.48. The molecule has 214 valence electrons. The zero-order valence-corrected chi connectivity index (χ0v) is 23.7. The molecular weight excluding hydrogens is 556 g/mol. The number of imide groups is 2. The molecule has 2 spiro atoms. The first-order valence-electron chi connectivity index (χ1n) is 14.0. The van der Waals surface area contributed by atoms with E-state index in [1.807, 2.05) is 36.4 Å². The second-order valence-electron chi connectivity index (χ2n) is 11.0. The number of ether oxygens (including phenoxy) is 1. The van der Waals surface area contributed by atoms with Gasteiger partial charge in [0.2, 0.25) is 17.4 Å². The third kappa shape index (κ3) is 3.21. The SMILES string of the molecule is C#Cc1ccc(-c2ccc([C@@H]3C(=O)O[C@@]4(C(=O)N(C(C)=O)c5ccccc54)[C@]34C(=O)N(C(C)=O)c3ccccc34)cc2)cc1. The molecule has 3 atom stereocenters. The second kappa shape index (κ2) is 9.35. The van der Waals surface area contributed by atoms with E-state index in [1.165, 1.54) is 13.8 Å². The number of benzene rings is 4. The normalized spacial score (nSPS) is 23.1. The van der Waals surface area contributed by atoms with Gasteiger partial charge in [0, 0.05) is 25.0 Å². The van der Waals surface area contributed by atoms with E-state index in [-0.39, 0.29) is 16.9 Å². The van der Waals surface area contributed by atoms with Crippen molar-refractivity contribution in [2.24, 2.45) is 0 Å². The van der Waals surface area contributed by atoms with Crippen molar-refractivity contribution >= 4 is 41.0 Å². The molecule has 7 rings (SSSR count). The van der Waals surface area contributed by atoms with Crippen LogP contribution in [0.4, 0.5) is 11.4 Å². The van der Waals surface area contributed by atoms with Gasteiger partial charge in [-0.2, -0.15) is 0 Å². The first kappa shape index (κ1) is 27.0. The summed E-state index contributed by atoms with van der Waals surface area (Å²) in [5.74, 6) is -2.38. The highest BCUT2D eigenvalue weighted by Gasteiger charge is 2.82. The molecule has 4 aromatic carbocycles. The fraction of sp³-hybridized carbons (Fsp3) is 0.139. The lowest BCUT2D eigenvalue weighted by Crippen LogP contribution is -2.60. The van der Waals surface area contributed by atoms with Crippen LogP contribution in [0, 0.1) is 12.3 Å². The van der Waals surface area contributed by atoms with Crippen molar-refractivity contribution in [2.45, 2.75) is 30.8 Å². The van der Waals surface area contributed by atoms with Crippen molar-refractivity contribution in [3.63, 3.8) is 0 Å². The Morgan fingerprint density at radius 1 is 0.705 bits per heavy atom. The molecule has 0 radical (unpaired) electrons. The van der Waals surface area contributed by atoms with Crippen LogP contribution in [0.3, 0.4) is 0 Å². The number of nitrogens with zero attached hydrogens (tertiary/aromatic N) is 2. The summed E-state index contributed by atoms with van der Waals surface area (Å²) in [6.07, 6.45) is 5.49. The van der Waals surface area contributed by atoms with E-state index in [0.29, 0.717) is 11.1 Å². The molecule has 8 heteroatoms. The van der Waals surface area contributed by atoms with Gasteiger partial charge in [-0.3, -0.25) is 24.0 Å². The van der Waals surface area contributed by atoms with Gasteiger partial charge in [-0.05, 0) is 46.5 Å². The van der Waals surface area contributed by atoms with Crippen molar-refractivity contribution in [3.05, 3.63) is 119 Å². The predicted octanol–water partition coefficient (Wildman–Crippen LogP) is 4.60. The highest BCUT2D eigenvalue weighted by Crippen LogP contribution is 2.67. The molecule has 4 amide bonds. The summed E-state index contributed by atoms with van der Waals surface area (Å²) in [6, 6.07) is 27.6. The molecule has 4 aromatic rings. The molecule has 1 saturated heterocycles. The minimum absolute atomic E-state index is 0.204. The molecule has 0 saturated carbocycles. The topological polar surface area (TPSA) is 101 Å². The maximum Gasteiger partial charge on any atom is 0.316 e. The van der Waals surface area contributed by atoms with Gasteiger partial charge in [-0.15, -0.1) is 6.42 Å². The standard InChI is InChI=1S/C36H24N2O6/c1-4-23-13-15-24(16-14-23)25-17-19-26(20-18-25)31-32(41)44-36(28-10-6-8-12-30(28)38(22(3)40)34(36)43)35(31)27-9-5-7-11-29(27)37(21(2)39)33(35)42/h1,5-20,31H,2-3H3/t31-,35+,36+/m1/s1. The summed E-state index contributed by atoms with van der Waals surface area (Å²) in [5, 5.41) is 0. The van der Waals surface area contributed by atoms with Gasteiger partial charge in [0.05, 0.1) is 11.4 Å². The Bertz CT molecular complexity index is 1990. The van der Waals surface area contributed by atoms with Gasteiger partial charge >= 0.3 is 5.97 Å². The number of fused-ring (bicyclic) bond motifs is 5. The number of hydrogen-bond donors (Lipinski definition) is 0. The van der Waals surface area contributed by atoms with Crippen LogP contribution in [-0.2, 0) is 39.7 Å². The number of hydrogen-bond acceptors (Lipinski definition) is 6. The van der Waals surface area contributed by atoms with E-state index < -0.39 is 46.5 Å². The highest BCUT2D eigenvalue weighted by atomic mass is 16.6. The molecule has 3 aliphatic rings. The van der Waals surface area contributed by atoms with E-state index in [1.54, 1.807) is 60.7 Å². The first-order valence-corrected chi connectivity index (χ1v) is 14.0. The smallest absolute Gasteiger partial charge is 0.316 e. The number of terminal acetylenes is 1. The van der Waals surface area contributed by atoms with Crippen LogP contribution in [0.25, 0.3) is 11.1 Å². The molecule has 0 unspecified atom stereocenters. The van der Waals surface area contributed by atoms with Crippen LogP contribution in [0.15, 0.2) is 97.1 Å². The Morgan fingerprint density at radius 2 is 1.20 bits per heavy atom. The molecule has 8 nitrogen and oxygen atoms in total. The number of carbonyl (C=O) groups excluding carboxylic acids is 5. The molecule has 1 fully saturated rings. The maximum absolute atomic E-state index is 14.9. The highest BCUT2D eigenvalue weighted by molar-refractivity contribution is 6.31. The number of rotatable bonds is 2. The monoisotopic (exact) mass is 580 g/mol. The van der Waals surface area contributed by atoms with Gasteiger partial charge in [0.15, 0.2) is 0 Å². The van der Waals surface area contributed by atoms with E-state index in [9.17, 15) is 24.0 Å². The molecule has 3 aliphatic heterocycles. The third-order valence-electron chi connectivity index (χ3n) is 8.88. The van der Waals surface area contributed by atoms with E-state index in [2.05, 4.69) is 5.92 Å². The lowest BCUT2D eigenvalue weighted by atomic mass is 9.58. The fourth-order valence-electron chi connectivity index (χ4n) is 7.16. The van der Waals surface area contributed by atoms with Crippen molar-refractivity contribution in [2.75, 3.05) is 9.80 Å². The van der Waals surface area contributed by atoms with E-state index in [4.69, 9.17) is 11.2 Å². The molecule has 0 aromatic heterocycles. The van der Waals surface area contributed by atoms with Crippen molar-refractivity contribution in [1.29, 1.82) is 0 Å². The number of anilines is 2. The summed E-state index contributed by atoms with van der Waals surface area (Å²) in [5.41, 5.74) is -0.457. The van der Waals surface area contributed by atoms with Crippen LogP contribution >= 0.6 is 0 Å². The Labute approximate surface area is 252 Å². The predicted molar refractivity (Wildman–Crippen MR) is 161 cm³/mol. The zero-order valence-electron chi connectivity index (χ0n) is 23.7. The Morgan fingerprint density at radius 3 is 1.77 bits per heavy atom. The number of amides is 4. The van der Waals surface area contributed by atoms with E-state index >= 15 is 0 Å². The fourth-order valence-corrected chi connectivity index (χ4v) is 7.16. The largest absolute Gasteiger partial charge is 0.442 e. The second-order valence-corrected chi connectivity index (χ2v) is 11.0. The minimum Gasteiger partial charge on any atom is -0.442 e. The average molecular weight is 581 g/mol. The van der Waals surface area contributed by atoms with Crippen LogP contribution in [0.2, 0.25) is 0 Å². The third-order valence-corrected chi connectivity index (χ3v) is 8.88. The van der Waals surface area contributed by atoms with Gasteiger partial charge in [-0.25, -0.2) is 9.80 Å². The molecule has 0 aliphatic carbocycles. The first-order chi connectivity index (χ1) is 21.2. The summed E-state index contributed by atoms with van der Waals surface area (Å²) in [7, 11) is 0. The summed E-state index contributed by atoms with van der Waals surface area (Å²) >= 11 is 0. The lowest BCUT2D eigenvalue weighted by molar-refractivity contribution is -0.162. The van der Waals surface area contributed by atoms with Crippen molar-refractivity contribution in [1.82, 2.24) is 0 Å². The van der Waals surface area contributed by atoms with Crippen LogP contribution in [0.5, 0.6) is 0 Å². The van der Waals surface area contributed by atoms with Crippen LogP contribution in [-0.4, -0.2) is 29.6 Å². The molecule has 44 heavy (non-hydrogen) atoms.